The molecule has 17 heavy (non-hydrogen) atoms. The number of esters is 1. The van der Waals surface area contributed by atoms with Gasteiger partial charge in [-0.15, -0.1) is 0 Å². The zero-order chi connectivity index (χ0) is 12.8. The number of carbonyl (C=O) groups excluding carboxylic acids is 1. The number of hydrogen-bond donors (Lipinski definition) is 0. The maximum absolute atomic E-state index is 11.1. The molecule has 0 bridgehead atoms. The second kappa shape index (κ2) is 6.90. The second-order valence-corrected chi connectivity index (χ2v) is 3.88. The Kier molecular flexibility index (Phi) is 5.84. The van der Waals surface area contributed by atoms with Crippen molar-refractivity contribution in [1.29, 1.82) is 0 Å². The quantitative estimate of drug-likeness (QED) is 0.638. The van der Waals surface area contributed by atoms with Gasteiger partial charge in [-0.3, -0.25) is 4.79 Å². The van der Waals surface area contributed by atoms with Crippen LogP contribution in [0.1, 0.15) is 6.92 Å². The topological polar surface area (TPSA) is 63.2 Å². The Balaban J connectivity index is 2.76. The summed E-state index contributed by atoms with van der Waals surface area (Å²) in [5, 5.41) is 0. The third-order valence-corrected chi connectivity index (χ3v) is 2.74. The fourth-order valence-electron chi connectivity index (χ4n) is 1.96. The Bertz CT molecular complexity index is 244. The number of carbonyl (C=O) groups is 1. The Labute approximate surface area is 101 Å². The van der Waals surface area contributed by atoms with Gasteiger partial charge < -0.3 is 23.7 Å². The maximum Gasteiger partial charge on any atom is 0.303 e. The molecule has 0 radical (unpaired) electrons. The fourth-order valence-corrected chi connectivity index (χ4v) is 1.96. The largest absolute Gasteiger partial charge is 0.457 e. The van der Waals surface area contributed by atoms with Gasteiger partial charge in [0.25, 0.3) is 0 Å². The Morgan fingerprint density at radius 2 is 1.94 bits per heavy atom. The van der Waals surface area contributed by atoms with E-state index in [9.17, 15) is 4.79 Å². The molecule has 6 heteroatoms. The average Bonchev–Trinajstić information content (AvgIpc) is 2.29. The summed E-state index contributed by atoms with van der Waals surface area (Å²) in [6.07, 6.45) is -1.45. The van der Waals surface area contributed by atoms with Gasteiger partial charge in [0.05, 0.1) is 13.2 Å². The molecule has 0 amide bonds. The van der Waals surface area contributed by atoms with Crippen LogP contribution >= 0.6 is 0 Å². The van der Waals surface area contributed by atoms with Gasteiger partial charge in [0, 0.05) is 28.3 Å². The predicted octanol–water partition coefficient (Wildman–Crippen LogP) is -0.00670. The zero-order valence-electron chi connectivity index (χ0n) is 10.7. The average molecular weight is 248 g/mol. The molecule has 0 aromatic heterocycles. The van der Waals surface area contributed by atoms with Gasteiger partial charge in [-0.25, -0.2) is 0 Å². The van der Waals surface area contributed by atoms with Gasteiger partial charge in [0.2, 0.25) is 0 Å². The summed E-state index contributed by atoms with van der Waals surface area (Å²) < 4.78 is 26.5. The van der Waals surface area contributed by atoms with E-state index in [2.05, 4.69) is 0 Å². The molecule has 0 aromatic rings. The third kappa shape index (κ3) is 3.64. The van der Waals surface area contributed by atoms with Crippen LogP contribution in [-0.4, -0.2) is 64.9 Å². The SMILES string of the molecule is COC[C@H]1OC[C@H](OC)[C@H](OC(C)=O)[C@@H]1OC. The van der Waals surface area contributed by atoms with Crippen LogP contribution in [0.3, 0.4) is 0 Å². The van der Waals surface area contributed by atoms with Crippen molar-refractivity contribution >= 4 is 5.97 Å². The second-order valence-electron chi connectivity index (χ2n) is 3.88. The highest BCUT2D eigenvalue weighted by atomic mass is 16.6. The molecule has 0 saturated carbocycles. The van der Waals surface area contributed by atoms with Crippen LogP contribution in [0.15, 0.2) is 0 Å². The first-order chi connectivity index (χ1) is 8.13. The van der Waals surface area contributed by atoms with E-state index in [1.54, 1.807) is 21.3 Å². The van der Waals surface area contributed by atoms with Crippen molar-refractivity contribution in [3.63, 3.8) is 0 Å². The van der Waals surface area contributed by atoms with E-state index in [-0.39, 0.29) is 18.2 Å². The highest BCUT2D eigenvalue weighted by Gasteiger charge is 2.43. The molecule has 1 aliphatic heterocycles. The van der Waals surface area contributed by atoms with Gasteiger partial charge in [-0.1, -0.05) is 0 Å². The molecule has 0 N–H and O–H groups in total. The lowest BCUT2D eigenvalue weighted by Crippen LogP contribution is -2.57. The standard InChI is InChI=1S/C11H20O6/c1-7(12)17-11-8(14-3)6-16-9(5-13-2)10(11)15-4/h8-11H,5-6H2,1-4H3/t8-,9+,10+,11-/m0/s1. The molecule has 1 rings (SSSR count). The van der Waals surface area contributed by atoms with Gasteiger partial charge in [-0.05, 0) is 0 Å². The Morgan fingerprint density at radius 1 is 1.24 bits per heavy atom. The summed E-state index contributed by atoms with van der Waals surface area (Å²) >= 11 is 0. The van der Waals surface area contributed by atoms with E-state index in [1.807, 2.05) is 0 Å². The molecule has 1 saturated heterocycles. The first-order valence-electron chi connectivity index (χ1n) is 5.47. The summed E-state index contributed by atoms with van der Waals surface area (Å²) in [5.41, 5.74) is 0. The molecule has 1 fully saturated rings. The van der Waals surface area contributed by atoms with E-state index >= 15 is 0 Å². The summed E-state index contributed by atoms with van der Waals surface area (Å²) in [5.74, 6) is -0.364. The fraction of sp³-hybridized carbons (Fsp3) is 0.909. The van der Waals surface area contributed by atoms with Crippen LogP contribution in [0.2, 0.25) is 0 Å². The lowest BCUT2D eigenvalue weighted by atomic mass is 10.00. The summed E-state index contributed by atoms with van der Waals surface area (Å²) in [4.78, 5) is 11.1. The van der Waals surface area contributed by atoms with Crippen LogP contribution in [-0.2, 0) is 28.5 Å². The maximum atomic E-state index is 11.1. The molecule has 6 nitrogen and oxygen atoms in total. The van der Waals surface area contributed by atoms with Gasteiger partial charge >= 0.3 is 5.97 Å². The summed E-state index contributed by atoms with van der Waals surface area (Å²) in [6, 6.07) is 0. The van der Waals surface area contributed by atoms with E-state index in [1.165, 1.54) is 6.92 Å². The van der Waals surface area contributed by atoms with E-state index < -0.39 is 12.2 Å². The lowest BCUT2D eigenvalue weighted by molar-refractivity contribution is -0.224. The van der Waals surface area contributed by atoms with Gasteiger partial charge in [0.15, 0.2) is 6.10 Å². The number of ether oxygens (including phenoxy) is 5. The van der Waals surface area contributed by atoms with Crippen molar-refractivity contribution in [3.8, 4) is 0 Å². The van der Waals surface area contributed by atoms with Crippen molar-refractivity contribution in [3.05, 3.63) is 0 Å². The van der Waals surface area contributed by atoms with Gasteiger partial charge in [0.1, 0.15) is 18.3 Å². The summed E-state index contributed by atoms with van der Waals surface area (Å²) in [6.45, 7) is 2.09. The predicted molar refractivity (Wildman–Crippen MR) is 58.8 cm³/mol. The highest BCUT2D eigenvalue weighted by Crippen LogP contribution is 2.23. The first-order valence-corrected chi connectivity index (χ1v) is 5.47. The van der Waals surface area contributed by atoms with Crippen LogP contribution < -0.4 is 0 Å². The Morgan fingerprint density at radius 3 is 2.41 bits per heavy atom. The molecule has 100 valence electrons. The van der Waals surface area contributed by atoms with Crippen molar-refractivity contribution in [2.75, 3.05) is 34.5 Å². The van der Waals surface area contributed by atoms with Gasteiger partial charge in [-0.2, -0.15) is 0 Å². The van der Waals surface area contributed by atoms with Crippen molar-refractivity contribution in [2.45, 2.75) is 31.3 Å². The normalized spacial score (nSPS) is 33.4. The Hall–Kier alpha value is -0.690. The van der Waals surface area contributed by atoms with E-state index in [4.69, 9.17) is 23.7 Å². The smallest absolute Gasteiger partial charge is 0.303 e. The molecule has 1 heterocycles. The highest BCUT2D eigenvalue weighted by molar-refractivity contribution is 5.66. The van der Waals surface area contributed by atoms with Crippen molar-refractivity contribution in [2.24, 2.45) is 0 Å². The lowest BCUT2D eigenvalue weighted by Gasteiger charge is -2.40. The van der Waals surface area contributed by atoms with Crippen molar-refractivity contribution < 1.29 is 28.5 Å². The molecule has 0 unspecified atom stereocenters. The van der Waals surface area contributed by atoms with Crippen LogP contribution in [0, 0.1) is 0 Å². The van der Waals surface area contributed by atoms with Crippen molar-refractivity contribution in [1.82, 2.24) is 0 Å². The molecule has 4 atom stereocenters. The molecule has 0 aliphatic carbocycles. The number of rotatable bonds is 5. The molecule has 1 aliphatic rings. The van der Waals surface area contributed by atoms with E-state index in [0.717, 1.165) is 0 Å². The first kappa shape index (κ1) is 14.4. The van der Waals surface area contributed by atoms with Crippen LogP contribution in [0.5, 0.6) is 0 Å². The van der Waals surface area contributed by atoms with Crippen LogP contribution in [0.4, 0.5) is 0 Å². The minimum absolute atomic E-state index is 0.263. The number of hydrogen-bond acceptors (Lipinski definition) is 6. The molecule has 0 aromatic carbocycles. The minimum Gasteiger partial charge on any atom is -0.457 e. The zero-order valence-corrected chi connectivity index (χ0v) is 10.7. The minimum atomic E-state index is -0.476. The molecule has 0 spiro atoms. The number of methoxy groups -OCH3 is 3. The summed E-state index contributed by atoms with van der Waals surface area (Å²) in [7, 11) is 4.68. The third-order valence-electron chi connectivity index (χ3n) is 2.74. The molecular formula is C11H20O6. The molecular weight excluding hydrogens is 228 g/mol. The van der Waals surface area contributed by atoms with E-state index in [0.29, 0.717) is 13.2 Å². The van der Waals surface area contributed by atoms with Crippen LogP contribution in [0.25, 0.3) is 0 Å². The monoisotopic (exact) mass is 248 g/mol.